The summed E-state index contributed by atoms with van der Waals surface area (Å²) in [5, 5.41) is 3.32. The molecule has 1 amide bonds. The lowest BCUT2D eigenvalue weighted by Gasteiger charge is -2.26. The Labute approximate surface area is 163 Å². The highest BCUT2D eigenvalue weighted by Gasteiger charge is 2.40. The first-order chi connectivity index (χ1) is 13.4. The molecule has 1 aliphatic heterocycles. The number of nitrogens with zero attached hydrogens (tertiary/aromatic N) is 4. The molecule has 9 heteroatoms. The Morgan fingerprint density at radius 2 is 1.86 bits per heavy atom. The molecule has 1 fully saturated rings. The largest absolute Gasteiger partial charge is 0.416 e. The summed E-state index contributed by atoms with van der Waals surface area (Å²) in [5.74, 6) is -0.0756. The number of alkyl halides is 3. The minimum atomic E-state index is -4.48. The van der Waals surface area contributed by atoms with Gasteiger partial charge < -0.3 is 0 Å². The van der Waals surface area contributed by atoms with Crippen LogP contribution in [0.2, 0.25) is 0 Å². The maximum Gasteiger partial charge on any atom is 0.416 e. The van der Waals surface area contributed by atoms with E-state index in [9.17, 15) is 18.0 Å². The van der Waals surface area contributed by atoms with Crippen molar-refractivity contribution < 1.29 is 18.0 Å². The summed E-state index contributed by atoms with van der Waals surface area (Å²) in [4.78, 5) is 17.8. The number of rotatable bonds is 4. The van der Waals surface area contributed by atoms with Gasteiger partial charge in [0, 0.05) is 5.69 Å². The smallest absolute Gasteiger partial charge is 0.295 e. The first-order valence-electron chi connectivity index (χ1n) is 8.44. The van der Waals surface area contributed by atoms with Gasteiger partial charge in [-0.15, -0.1) is 11.8 Å². The van der Waals surface area contributed by atoms with Crippen molar-refractivity contribution in [2.45, 2.75) is 18.1 Å². The molecule has 1 atom stereocenters. The fourth-order valence-electron chi connectivity index (χ4n) is 3.17. The highest BCUT2D eigenvalue weighted by Crippen LogP contribution is 2.46. The fraction of sp³-hybridized carbons (Fsp3) is 0.211. The maximum atomic E-state index is 13.4. The van der Waals surface area contributed by atoms with Crippen LogP contribution in [-0.2, 0) is 17.5 Å². The average molecular weight is 404 g/mol. The van der Waals surface area contributed by atoms with E-state index in [2.05, 4.69) is 10.1 Å². The maximum absolute atomic E-state index is 13.4. The molecule has 0 saturated carbocycles. The Morgan fingerprint density at radius 3 is 2.54 bits per heavy atom. The van der Waals surface area contributed by atoms with E-state index >= 15 is 0 Å². The van der Waals surface area contributed by atoms with Crippen molar-refractivity contribution in [1.82, 2.24) is 14.8 Å². The van der Waals surface area contributed by atoms with Crippen molar-refractivity contribution in [2.75, 3.05) is 10.7 Å². The second-order valence-electron chi connectivity index (χ2n) is 6.27. The molecule has 0 radical (unpaired) electrons. The summed E-state index contributed by atoms with van der Waals surface area (Å²) in [6, 6.07) is 12.6. The molecular weight excluding hydrogens is 389 g/mol. The minimum absolute atomic E-state index is 0.0949. The lowest BCUT2D eigenvalue weighted by atomic mass is 10.1. The number of benzene rings is 2. The normalized spacial score (nSPS) is 17.3. The monoisotopic (exact) mass is 404 g/mol. The number of amides is 1. The minimum Gasteiger partial charge on any atom is -0.295 e. The number of thioether (sulfide) groups is 1. The number of carbonyl (C=O) groups excluding carboxylic acids is 1. The quantitative estimate of drug-likeness (QED) is 0.656. The SMILES string of the molecule is O=C1CSC(c2ccccc2C(F)(F)F)N1c1ccc(Cn2cncn2)cc1. The van der Waals surface area contributed by atoms with Crippen LogP contribution < -0.4 is 4.90 Å². The van der Waals surface area contributed by atoms with Crippen molar-refractivity contribution in [2.24, 2.45) is 0 Å². The molecule has 0 N–H and O–H groups in total. The van der Waals surface area contributed by atoms with Gasteiger partial charge in [0.05, 0.1) is 17.9 Å². The van der Waals surface area contributed by atoms with Gasteiger partial charge in [-0.25, -0.2) is 9.67 Å². The molecule has 5 nitrogen and oxygen atoms in total. The van der Waals surface area contributed by atoms with E-state index in [4.69, 9.17) is 0 Å². The molecule has 28 heavy (non-hydrogen) atoms. The Morgan fingerprint density at radius 1 is 1.11 bits per heavy atom. The number of carbonyl (C=O) groups is 1. The van der Waals surface area contributed by atoms with Crippen LogP contribution >= 0.6 is 11.8 Å². The topological polar surface area (TPSA) is 51.0 Å². The van der Waals surface area contributed by atoms with Gasteiger partial charge in [0.15, 0.2) is 0 Å². The molecule has 0 aliphatic carbocycles. The molecular formula is C19H15F3N4OS. The molecule has 1 aromatic heterocycles. The lowest BCUT2D eigenvalue weighted by molar-refractivity contribution is -0.138. The molecule has 0 bridgehead atoms. The predicted molar refractivity (Wildman–Crippen MR) is 99.7 cm³/mol. The van der Waals surface area contributed by atoms with E-state index in [-0.39, 0.29) is 17.2 Å². The van der Waals surface area contributed by atoms with Crippen molar-refractivity contribution in [3.8, 4) is 0 Å². The summed E-state index contributed by atoms with van der Waals surface area (Å²) >= 11 is 1.20. The lowest BCUT2D eigenvalue weighted by Crippen LogP contribution is -2.29. The molecule has 1 aliphatic rings. The van der Waals surface area contributed by atoms with Crippen LogP contribution in [0.3, 0.4) is 0 Å². The van der Waals surface area contributed by atoms with Crippen molar-refractivity contribution >= 4 is 23.4 Å². The standard InChI is InChI=1S/C19H15F3N4OS/c20-19(21,22)16-4-2-1-3-15(16)18-26(17(27)10-28-18)14-7-5-13(6-8-14)9-25-12-23-11-24-25/h1-8,11-12,18H,9-10H2. The number of hydrogen-bond acceptors (Lipinski definition) is 4. The van der Waals surface area contributed by atoms with Gasteiger partial charge in [0.2, 0.25) is 5.91 Å². The first-order valence-corrected chi connectivity index (χ1v) is 9.49. The van der Waals surface area contributed by atoms with Gasteiger partial charge >= 0.3 is 6.18 Å². The second kappa shape index (κ2) is 7.31. The van der Waals surface area contributed by atoms with Gasteiger partial charge in [0.25, 0.3) is 0 Å². The van der Waals surface area contributed by atoms with Crippen molar-refractivity contribution in [3.63, 3.8) is 0 Å². The summed E-state index contributed by atoms with van der Waals surface area (Å²) in [6.07, 6.45) is -1.44. The molecule has 2 aromatic carbocycles. The van der Waals surface area contributed by atoms with E-state index < -0.39 is 17.1 Å². The zero-order chi connectivity index (χ0) is 19.7. The zero-order valence-electron chi connectivity index (χ0n) is 14.5. The van der Waals surface area contributed by atoms with Crippen LogP contribution in [0.1, 0.15) is 22.1 Å². The van der Waals surface area contributed by atoms with E-state index in [0.717, 1.165) is 11.6 Å². The number of aromatic nitrogens is 3. The first kappa shape index (κ1) is 18.5. The third kappa shape index (κ3) is 3.62. The summed E-state index contributed by atoms with van der Waals surface area (Å²) < 4.78 is 42.0. The van der Waals surface area contributed by atoms with Crippen LogP contribution in [-0.4, -0.2) is 26.4 Å². The van der Waals surface area contributed by atoms with Gasteiger partial charge in [-0.1, -0.05) is 30.3 Å². The van der Waals surface area contributed by atoms with Gasteiger partial charge in [-0.05, 0) is 29.3 Å². The molecule has 4 rings (SSSR count). The van der Waals surface area contributed by atoms with Gasteiger partial charge in [-0.2, -0.15) is 18.3 Å². The summed E-state index contributed by atoms with van der Waals surface area (Å²) in [5.41, 5.74) is 0.896. The highest BCUT2D eigenvalue weighted by molar-refractivity contribution is 8.00. The van der Waals surface area contributed by atoms with E-state index in [1.807, 2.05) is 12.1 Å². The number of halogens is 3. The second-order valence-corrected chi connectivity index (χ2v) is 7.34. The summed E-state index contributed by atoms with van der Waals surface area (Å²) in [7, 11) is 0. The zero-order valence-corrected chi connectivity index (χ0v) is 15.3. The molecule has 1 unspecified atom stereocenters. The van der Waals surface area contributed by atoms with E-state index in [1.165, 1.54) is 35.1 Å². The van der Waals surface area contributed by atoms with Crippen LogP contribution in [0.15, 0.2) is 61.2 Å². The Balaban J connectivity index is 1.64. The van der Waals surface area contributed by atoms with E-state index in [1.54, 1.807) is 29.2 Å². The average Bonchev–Trinajstić information content (AvgIpc) is 3.31. The summed E-state index contributed by atoms with van der Waals surface area (Å²) in [6.45, 7) is 0.517. The van der Waals surface area contributed by atoms with Crippen LogP contribution in [0.5, 0.6) is 0 Å². The Bertz CT molecular complexity index is 974. The molecule has 0 spiro atoms. The predicted octanol–water partition coefficient (Wildman–Crippen LogP) is 4.12. The number of anilines is 1. The number of hydrogen-bond donors (Lipinski definition) is 0. The van der Waals surface area contributed by atoms with Crippen LogP contribution in [0.25, 0.3) is 0 Å². The van der Waals surface area contributed by atoms with Crippen LogP contribution in [0.4, 0.5) is 18.9 Å². The van der Waals surface area contributed by atoms with Gasteiger partial charge in [-0.3, -0.25) is 9.69 Å². The van der Waals surface area contributed by atoms with Crippen LogP contribution in [0, 0.1) is 0 Å². The van der Waals surface area contributed by atoms with E-state index in [0.29, 0.717) is 12.2 Å². The molecule has 144 valence electrons. The third-order valence-corrected chi connectivity index (χ3v) is 5.62. The fourth-order valence-corrected chi connectivity index (χ4v) is 4.38. The third-order valence-electron chi connectivity index (χ3n) is 4.43. The van der Waals surface area contributed by atoms with Gasteiger partial charge in [0.1, 0.15) is 18.0 Å². The molecule has 1 saturated heterocycles. The molecule has 3 aromatic rings. The Kier molecular flexibility index (Phi) is 4.84. The van der Waals surface area contributed by atoms with Crippen molar-refractivity contribution in [1.29, 1.82) is 0 Å². The molecule has 2 heterocycles. The Hall–Kier alpha value is -2.81. The highest BCUT2D eigenvalue weighted by atomic mass is 32.2. The van der Waals surface area contributed by atoms with Crippen molar-refractivity contribution in [3.05, 3.63) is 77.9 Å².